The van der Waals surface area contributed by atoms with Gasteiger partial charge in [-0.05, 0) is 6.92 Å². The first-order chi connectivity index (χ1) is 6.70. The number of halogens is 1. The topological polar surface area (TPSA) is 39.4 Å². The van der Waals surface area contributed by atoms with Crippen molar-refractivity contribution in [2.75, 3.05) is 5.88 Å². The molecule has 0 amide bonds. The van der Waals surface area contributed by atoms with Crippen LogP contribution in [0, 0.1) is 6.92 Å². The highest BCUT2D eigenvalue weighted by Crippen LogP contribution is 2.19. The molecule has 4 nitrogen and oxygen atoms in total. The minimum absolute atomic E-state index is 0.0197. The zero-order chi connectivity index (χ0) is 10.1. The molecule has 5 heteroatoms. The van der Waals surface area contributed by atoms with Gasteiger partial charge in [0.25, 0.3) is 0 Å². The Morgan fingerprint density at radius 3 is 3.00 bits per heavy atom. The van der Waals surface area contributed by atoms with Crippen LogP contribution in [0.1, 0.15) is 17.7 Å². The average molecular weight is 214 g/mol. The van der Waals surface area contributed by atoms with Gasteiger partial charge in [-0.15, -0.1) is 11.6 Å². The minimum atomic E-state index is 0.0197. The Labute approximate surface area is 87.5 Å². The molecule has 0 N–H and O–H groups in total. The monoisotopic (exact) mass is 213 g/mol. The van der Waals surface area contributed by atoms with Gasteiger partial charge in [-0.2, -0.15) is 5.10 Å². The molecular weight excluding hydrogens is 202 g/mol. The highest BCUT2D eigenvalue weighted by atomic mass is 35.5. The lowest BCUT2D eigenvalue weighted by atomic mass is 10.1. The number of hydrogen-bond donors (Lipinski definition) is 0. The van der Waals surface area contributed by atoms with E-state index in [1.165, 1.54) is 0 Å². The second-order valence-corrected chi connectivity index (χ2v) is 3.73. The molecule has 2 heterocycles. The van der Waals surface area contributed by atoms with E-state index in [0.29, 0.717) is 5.88 Å². The Balaban J connectivity index is 2.21. The summed E-state index contributed by atoms with van der Waals surface area (Å²) in [6.45, 7) is 1.96. The molecule has 0 radical (unpaired) electrons. The molecule has 0 spiro atoms. The van der Waals surface area contributed by atoms with E-state index in [0.717, 1.165) is 23.4 Å². The maximum Gasteiger partial charge on any atom is 0.146 e. The summed E-state index contributed by atoms with van der Waals surface area (Å²) in [4.78, 5) is 5.15. The van der Waals surface area contributed by atoms with Crippen molar-refractivity contribution in [3.63, 3.8) is 0 Å². The first kappa shape index (κ1) is 9.52. The quantitative estimate of drug-likeness (QED) is 0.698. The number of alkyl halides is 1. The largest absolute Gasteiger partial charge is 0.391 e. The zero-order valence-electron chi connectivity index (χ0n) is 8.20. The van der Waals surface area contributed by atoms with Crippen molar-refractivity contribution < 1.29 is 4.84 Å². The van der Waals surface area contributed by atoms with Crippen LogP contribution in [-0.2, 0) is 11.9 Å². The van der Waals surface area contributed by atoms with Crippen LogP contribution in [0.4, 0.5) is 0 Å². The molecule has 0 bridgehead atoms. The van der Waals surface area contributed by atoms with Gasteiger partial charge < -0.3 is 4.84 Å². The van der Waals surface area contributed by atoms with E-state index in [9.17, 15) is 0 Å². The summed E-state index contributed by atoms with van der Waals surface area (Å²) in [5.74, 6) is 0.478. The SMILES string of the molecule is Cc1nn(C)cc1C1=NOC(CCl)C1. The van der Waals surface area contributed by atoms with Crippen molar-refractivity contribution in [1.82, 2.24) is 9.78 Å². The molecule has 2 rings (SSSR count). The number of aryl methyl sites for hydroxylation is 2. The maximum atomic E-state index is 5.69. The van der Waals surface area contributed by atoms with Crippen molar-refractivity contribution in [2.45, 2.75) is 19.4 Å². The molecular formula is C9H12ClN3O. The highest BCUT2D eigenvalue weighted by Gasteiger charge is 2.23. The summed E-state index contributed by atoms with van der Waals surface area (Å²) < 4.78 is 1.78. The van der Waals surface area contributed by atoms with Gasteiger partial charge in [-0.3, -0.25) is 4.68 Å². The first-order valence-electron chi connectivity index (χ1n) is 4.50. The third-order valence-electron chi connectivity index (χ3n) is 2.23. The average Bonchev–Trinajstić information content (AvgIpc) is 2.71. The summed E-state index contributed by atoms with van der Waals surface area (Å²) in [7, 11) is 1.89. The van der Waals surface area contributed by atoms with Crippen molar-refractivity contribution in [3.05, 3.63) is 17.5 Å². The molecule has 0 aromatic carbocycles. The number of rotatable bonds is 2. The molecule has 0 fully saturated rings. The summed E-state index contributed by atoms with van der Waals surface area (Å²) >= 11 is 5.69. The van der Waals surface area contributed by atoms with Crippen molar-refractivity contribution in [2.24, 2.45) is 12.2 Å². The number of aromatic nitrogens is 2. The van der Waals surface area contributed by atoms with Crippen LogP contribution in [0.25, 0.3) is 0 Å². The molecule has 0 saturated carbocycles. The molecule has 1 unspecified atom stereocenters. The van der Waals surface area contributed by atoms with E-state index in [1.807, 2.05) is 20.2 Å². The molecule has 14 heavy (non-hydrogen) atoms. The van der Waals surface area contributed by atoms with Crippen LogP contribution in [0.15, 0.2) is 11.4 Å². The highest BCUT2D eigenvalue weighted by molar-refractivity contribution is 6.18. The van der Waals surface area contributed by atoms with Crippen LogP contribution in [0.5, 0.6) is 0 Å². The van der Waals surface area contributed by atoms with Crippen molar-refractivity contribution in [3.8, 4) is 0 Å². The third-order valence-corrected chi connectivity index (χ3v) is 2.57. The van der Waals surface area contributed by atoms with Gasteiger partial charge >= 0.3 is 0 Å². The second-order valence-electron chi connectivity index (χ2n) is 3.43. The Kier molecular flexibility index (Phi) is 2.46. The third kappa shape index (κ3) is 1.62. The minimum Gasteiger partial charge on any atom is -0.391 e. The van der Waals surface area contributed by atoms with Crippen LogP contribution in [0.3, 0.4) is 0 Å². The fraction of sp³-hybridized carbons (Fsp3) is 0.556. The lowest BCUT2D eigenvalue weighted by Gasteiger charge is -1.99. The molecule has 1 aliphatic rings. The molecule has 76 valence electrons. The van der Waals surface area contributed by atoms with E-state index in [-0.39, 0.29) is 6.10 Å². The van der Waals surface area contributed by atoms with Gasteiger partial charge in [0.1, 0.15) is 6.10 Å². The van der Waals surface area contributed by atoms with E-state index in [2.05, 4.69) is 10.3 Å². The van der Waals surface area contributed by atoms with Gasteiger partial charge in [0.15, 0.2) is 0 Å². The fourth-order valence-electron chi connectivity index (χ4n) is 1.55. The van der Waals surface area contributed by atoms with Crippen LogP contribution < -0.4 is 0 Å². The fourth-order valence-corrected chi connectivity index (χ4v) is 1.72. The summed E-state index contributed by atoms with van der Waals surface area (Å²) in [5.41, 5.74) is 2.98. The van der Waals surface area contributed by atoms with E-state index >= 15 is 0 Å². The van der Waals surface area contributed by atoms with E-state index in [1.54, 1.807) is 4.68 Å². The molecule has 1 aromatic heterocycles. The Morgan fingerprint density at radius 1 is 1.71 bits per heavy atom. The van der Waals surface area contributed by atoms with Gasteiger partial charge in [-0.1, -0.05) is 5.16 Å². The standard InChI is InChI=1S/C9H12ClN3O/c1-6-8(5-13(2)11-6)9-3-7(4-10)14-12-9/h5,7H,3-4H2,1-2H3. The van der Waals surface area contributed by atoms with Crippen LogP contribution in [-0.4, -0.2) is 27.5 Å². The Hall–Kier alpha value is -1.03. The summed E-state index contributed by atoms with van der Waals surface area (Å²) in [6, 6.07) is 0. The van der Waals surface area contributed by atoms with Gasteiger partial charge in [0.2, 0.25) is 0 Å². The molecule has 1 atom stereocenters. The molecule has 0 saturated heterocycles. The van der Waals surface area contributed by atoms with Crippen molar-refractivity contribution in [1.29, 1.82) is 0 Å². The molecule has 1 aromatic rings. The normalized spacial score (nSPS) is 20.8. The zero-order valence-corrected chi connectivity index (χ0v) is 8.95. The number of oxime groups is 1. The second kappa shape index (κ2) is 3.61. The Bertz CT molecular complexity index is 372. The van der Waals surface area contributed by atoms with E-state index in [4.69, 9.17) is 16.4 Å². The van der Waals surface area contributed by atoms with E-state index < -0.39 is 0 Å². The lowest BCUT2D eigenvalue weighted by Crippen LogP contribution is -2.09. The number of hydrogen-bond acceptors (Lipinski definition) is 3. The predicted octanol–water partition coefficient (Wildman–Crippen LogP) is 1.46. The smallest absolute Gasteiger partial charge is 0.146 e. The van der Waals surface area contributed by atoms with Gasteiger partial charge in [-0.25, -0.2) is 0 Å². The maximum absolute atomic E-state index is 5.69. The first-order valence-corrected chi connectivity index (χ1v) is 5.03. The van der Waals surface area contributed by atoms with Gasteiger partial charge in [0.05, 0.1) is 17.3 Å². The van der Waals surface area contributed by atoms with Gasteiger partial charge in [0, 0.05) is 25.2 Å². The molecule has 1 aliphatic heterocycles. The summed E-state index contributed by atoms with van der Waals surface area (Å²) in [6.07, 6.45) is 2.75. The number of nitrogens with zero attached hydrogens (tertiary/aromatic N) is 3. The summed E-state index contributed by atoms with van der Waals surface area (Å²) in [5, 5.41) is 8.27. The van der Waals surface area contributed by atoms with Crippen LogP contribution in [0.2, 0.25) is 0 Å². The molecule has 0 aliphatic carbocycles. The Morgan fingerprint density at radius 2 is 2.50 bits per heavy atom. The van der Waals surface area contributed by atoms with Crippen LogP contribution >= 0.6 is 11.6 Å². The lowest BCUT2D eigenvalue weighted by molar-refractivity contribution is 0.102. The predicted molar refractivity (Wildman–Crippen MR) is 54.7 cm³/mol. The van der Waals surface area contributed by atoms with Crippen molar-refractivity contribution >= 4 is 17.3 Å².